The van der Waals surface area contributed by atoms with Gasteiger partial charge in [-0.15, -0.1) is 0 Å². The normalized spacial score (nSPS) is 12.7. The summed E-state index contributed by atoms with van der Waals surface area (Å²) in [6.07, 6.45) is 2.44. The lowest BCUT2D eigenvalue weighted by atomic mass is 10.0. The summed E-state index contributed by atoms with van der Waals surface area (Å²) in [7, 11) is 2.00. The second-order valence-electron chi connectivity index (χ2n) is 7.47. The summed E-state index contributed by atoms with van der Waals surface area (Å²) in [5, 5.41) is 35.1. The number of halogens is 1. The minimum Gasteiger partial charge on any atom is -0.400 e. The van der Waals surface area contributed by atoms with Crippen LogP contribution in [0.1, 0.15) is 38.4 Å². The zero-order chi connectivity index (χ0) is 25.0. The van der Waals surface area contributed by atoms with Gasteiger partial charge in [0, 0.05) is 55.3 Å². The molecule has 3 aromatic rings. The van der Waals surface area contributed by atoms with Gasteiger partial charge in [0.15, 0.2) is 0 Å². The minimum absolute atomic E-state index is 0.00200. The maximum absolute atomic E-state index is 13.5. The topological polar surface area (TPSA) is 103 Å². The average molecular weight is 460 g/mol. The van der Waals surface area contributed by atoms with Crippen LogP contribution in [0.2, 0.25) is 0 Å². The highest BCUT2D eigenvalue weighted by Gasteiger charge is 2.19. The highest BCUT2D eigenvalue weighted by atomic mass is 19.1. The van der Waals surface area contributed by atoms with Gasteiger partial charge in [-0.3, -0.25) is 0 Å². The number of aromatic nitrogens is 1. The Kier molecular flexibility index (Phi) is 12.2. The third-order valence-electron chi connectivity index (χ3n) is 4.96. The van der Waals surface area contributed by atoms with Crippen LogP contribution in [-0.2, 0) is 4.79 Å². The van der Waals surface area contributed by atoms with Crippen molar-refractivity contribution in [3.05, 3.63) is 66.1 Å². The van der Waals surface area contributed by atoms with Gasteiger partial charge >= 0.3 is 0 Å². The molecule has 0 fully saturated rings. The van der Waals surface area contributed by atoms with Crippen molar-refractivity contribution < 1.29 is 29.6 Å². The quantitative estimate of drug-likeness (QED) is 0.382. The number of aldehydes is 1. The minimum atomic E-state index is -0.885. The Morgan fingerprint density at radius 3 is 2.15 bits per heavy atom. The maximum Gasteiger partial charge on any atom is 0.123 e. The van der Waals surface area contributed by atoms with E-state index in [1.165, 1.54) is 12.1 Å². The third-order valence-corrected chi connectivity index (χ3v) is 4.96. The molecule has 1 aromatic heterocycles. The lowest BCUT2D eigenvalue weighted by Crippen LogP contribution is -2.16. The van der Waals surface area contributed by atoms with Crippen molar-refractivity contribution in [2.45, 2.75) is 44.9 Å². The summed E-state index contributed by atoms with van der Waals surface area (Å²) in [5.41, 5.74) is 3.80. The lowest BCUT2D eigenvalue weighted by molar-refractivity contribution is -0.109. The Bertz CT molecular complexity index is 1010. The van der Waals surface area contributed by atoms with E-state index in [1.54, 1.807) is 18.2 Å². The molecule has 33 heavy (non-hydrogen) atoms. The van der Waals surface area contributed by atoms with Crippen LogP contribution in [-0.4, -0.2) is 57.7 Å². The van der Waals surface area contributed by atoms with E-state index in [1.807, 2.05) is 30.3 Å². The molecule has 0 aliphatic carbocycles. The predicted octanol–water partition coefficient (Wildman–Crippen LogP) is 3.96. The molecular weight excluding hydrogens is 425 g/mol. The number of hydrogen-bond acceptors (Lipinski definition) is 5. The lowest BCUT2D eigenvalue weighted by Gasteiger charge is -2.15. The van der Waals surface area contributed by atoms with Gasteiger partial charge in [0.05, 0.1) is 12.2 Å². The highest BCUT2D eigenvalue weighted by Crippen LogP contribution is 2.38. The van der Waals surface area contributed by atoms with Crippen LogP contribution >= 0.6 is 0 Å². The smallest absolute Gasteiger partial charge is 0.123 e. The fourth-order valence-electron chi connectivity index (χ4n) is 3.69. The van der Waals surface area contributed by atoms with Gasteiger partial charge in [-0.25, -0.2) is 4.39 Å². The number of para-hydroxylation sites is 1. The summed E-state index contributed by atoms with van der Waals surface area (Å²) < 4.78 is 15.7. The molecule has 0 aliphatic rings. The number of nitrogens with zero attached hydrogens (tertiary/aromatic N) is 1. The third kappa shape index (κ3) is 7.33. The van der Waals surface area contributed by atoms with Crippen LogP contribution < -0.4 is 0 Å². The summed E-state index contributed by atoms with van der Waals surface area (Å²) in [5.74, 6) is -0.293. The van der Waals surface area contributed by atoms with E-state index >= 15 is 0 Å². The molecule has 0 saturated carbocycles. The molecule has 0 spiro atoms. The molecule has 0 amide bonds. The van der Waals surface area contributed by atoms with Crippen LogP contribution in [0.4, 0.5) is 4.39 Å². The first-order valence-corrected chi connectivity index (χ1v) is 10.7. The van der Waals surface area contributed by atoms with Crippen LogP contribution in [0.25, 0.3) is 28.1 Å². The molecule has 4 N–H and O–H groups in total. The summed E-state index contributed by atoms with van der Waals surface area (Å²) in [6, 6.07) is 14.6. The molecule has 2 atom stereocenters. The van der Waals surface area contributed by atoms with Crippen molar-refractivity contribution in [3.63, 3.8) is 0 Å². The summed E-state index contributed by atoms with van der Waals surface area (Å²) >= 11 is 0. The first kappa shape index (κ1) is 28.2. The molecule has 2 aromatic carbocycles. The first-order valence-electron chi connectivity index (χ1n) is 10.7. The number of carbonyl (C=O) groups excluding carboxylic acids is 1. The second kappa shape index (κ2) is 14.3. The molecule has 180 valence electrons. The van der Waals surface area contributed by atoms with Crippen molar-refractivity contribution >= 4 is 23.3 Å². The van der Waals surface area contributed by atoms with Gasteiger partial charge in [0.2, 0.25) is 0 Å². The van der Waals surface area contributed by atoms with E-state index in [-0.39, 0.29) is 24.7 Å². The predicted molar refractivity (Wildman–Crippen MR) is 130 cm³/mol. The molecule has 7 heteroatoms. The Hall–Kier alpha value is -2.84. The monoisotopic (exact) mass is 459 g/mol. The van der Waals surface area contributed by atoms with Crippen LogP contribution in [0.5, 0.6) is 0 Å². The summed E-state index contributed by atoms with van der Waals surface area (Å²) in [4.78, 5) is 10.5. The van der Waals surface area contributed by atoms with Gasteiger partial charge in [0.1, 0.15) is 12.1 Å². The second-order valence-corrected chi connectivity index (χ2v) is 7.47. The standard InChI is InChI=1S/C24H26FNO3.2CH4O/c1-16(2)26-22-6-4-3-5-21(22)24(17-7-9-18(25)10-8-17)23(26)12-11-19(28)15-20(29)13-14-27;2*1-2/h3-12,14,16,19-20,28-29H,13,15H2,1-2H3;2*2H,1H3/b12-11+;;/t19-,20+;;/m1../s1. The molecule has 0 bridgehead atoms. The van der Waals surface area contributed by atoms with Crippen molar-refractivity contribution in [1.82, 2.24) is 4.57 Å². The van der Waals surface area contributed by atoms with Gasteiger partial charge < -0.3 is 29.8 Å². The maximum atomic E-state index is 13.5. The van der Waals surface area contributed by atoms with Gasteiger partial charge in [-0.2, -0.15) is 0 Å². The average Bonchev–Trinajstić information content (AvgIpc) is 3.15. The number of aliphatic hydroxyl groups is 4. The van der Waals surface area contributed by atoms with E-state index in [0.29, 0.717) is 6.29 Å². The molecule has 3 rings (SSSR count). The van der Waals surface area contributed by atoms with E-state index in [2.05, 4.69) is 18.4 Å². The molecule has 6 nitrogen and oxygen atoms in total. The summed E-state index contributed by atoms with van der Waals surface area (Å²) in [6.45, 7) is 4.17. The van der Waals surface area contributed by atoms with Crippen molar-refractivity contribution in [2.75, 3.05) is 14.2 Å². The Balaban J connectivity index is 0.00000129. The number of aliphatic hydroxyl groups excluding tert-OH is 4. The largest absolute Gasteiger partial charge is 0.400 e. The number of benzene rings is 2. The van der Waals surface area contributed by atoms with Gasteiger partial charge in [-0.1, -0.05) is 36.4 Å². The SMILES string of the molecule is CC(C)n1c(/C=C/[C@@H](O)C[C@@H](O)CC=O)c(-c2ccc(F)cc2)c2ccccc21.CO.CO. The van der Waals surface area contributed by atoms with Crippen LogP contribution in [0.15, 0.2) is 54.6 Å². The molecule has 0 saturated heterocycles. The zero-order valence-electron chi connectivity index (χ0n) is 19.5. The Morgan fingerprint density at radius 2 is 1.58 bits per heavy atom. The van der Waals surface area contributed by atoms with E-state index in [0.717, 1.165) is 41.9 Å². The highest BCUT2D eigenvalue weighted by molar-refractivity contribution is 6.01. The molecule has 0 radical (unpaired) electrons. The van der Waals surface area contributed by atoms with Crippen molar-refractivity contribution in [3.8, 4) is 11.1 Å². The van der Waals surface area contributed by atoms with Crippen LogP contribution in [0.3, 0.4) is 0 Å². The van der Waals surface area contributed by atoms with E-state index < -0.39 is 12.2 Å². The van der Waals surface area contributed by atoms with E-state index in [4.69, 9.17) is 10.2 Å². The van der Waals surface area contributed by atoms with Crippen molar-refractivity contribution in [1.29, 1.82) is 0 Å². The molecular formula is C26H34FNO5. The van der Waals surface area contributed by atoms with Crippen LogP contribution in [0, 0.1) is 5.82 Å². The fraction of sp³-hybridized carbons (Fsp3) is 0.346. The Labute approximate surface area is 194 Å². The first-order chi connectivity index (χ1) is 15.9. The van der Waals surface area contributed by atoms with E-state index in [9.17, 15) is 19.4 Å². The zero-order valence-corrected chi connectivity index (χ0v) is 19.5. The number of hydrogen-bond donors (Lipinski definition) is 4. The Morgan fingerprint density at radius 1 is 0.970 bits per heavy atom. The van der Waals surface area contributed by atoms with Crippen molar-refractivity contribution in [2.24, 2.45) is 0 Å². The molecule has 0 unspecified atom stereocenters. The molecule has 1 heterocycles. The number of carbonyl (C=O) groups is 1. The number of fused-ring (bicyclic) bond motifs is 1. The number of rotatable bonds is 8. The van der Waals surface area contributed by atoms with Gasteiger partial charge in [-0.05, 0) is 43.7 Å². The fourth-order valence-corrected chi connectivity index (χ4v) is 3.69. The van der Waals surface area contributed by atoms with Gasteiger partial charge in [0.25, 0.3) is 0 Å². The molecule has 0 aliphatic heterocycles.